The molecular formula is C15H16N2S2. The Balaban J connectivity index is 1.61. The Morgan fingerprint density at radius 3 is 3.00 bits per heavy atom. The third kappa shape index (κ3) is 3.03. The highest BCUT2D eigenvalue weighted by Crippen LogP contribution is 2.29. The summed E-state index contributed by atoms with van der Waals surface area (Å²) in [4.78, 5) is 5.70. The van der Waals surface area contributed by atoms with Crippen molar-refractivity contribution in [3.05, 3.63) is 51.8 Å². The second kappa shape index (κ2) is 5.82. The van der Waals surface area contributed by atoms with E-state index < -0.39 is 0 Å². The van der Waals surface area contributed by atoms with Gasteiger partial charge in [-0.05, 0) is 24.4 Å². The zero-order valence-corrected chi connectivity index (χ0v) is 12.4. The molecule has 0 saturated carbocycles. The Bertz CT molecular complexity index is 610. The van der Waals surface area contributed by atoms with E-state index in [0.29, 0.717) is 6.04 Å². The molecule has 19 heavy (non-hydrogen) atoms. The molecule has 1 atom stereocenters. The van der Waals surface area contributed by atoms with Gasteiger partial charge in [-0.25, -0.2) is 4.98 Å². The number of aromatic nitrogens is 1. The van der Waals surface area contributed by atoms with Crippen LogP contribution in [0, 0.1) is 0 Å². The molecule has 0 fully saturated rings. The maximum Gasteiger partial charge on any atom is 0.0937 e. The van der Waals surface area contributed by atoms with Gasteiger partial charge in [0.15, 0.2) is 0 Å². The van der Waals surface area contributed by atoms with E-state index in [0.717, 1.165) is 13.0 Å². The number of thiazole rings is 1. The zero-order chi connectivity index (χ0) is 13.1. The van der Waals surface area contributed by atoms with Crippen molar-refractivity contribution in [1.29, 1.82) is 0 Å². The number of rotatable bonds is 5. The van der Waals surface area contributed by atoms with E-state index in [-0.39, 0.29) is 0 Å². The summed E-state index contributed by atoms with van der Waals surface area (Å²) in [6, 6.07) is 11.3. The monoisotopic (exact) mass is 288 g/mol. The first kappa shape index (κ1) is 12.8. The molecule has 0 spiro atoms. The Hall–Kier alpha value is -1.23. The first-order valence-electron chi connectivity index (χ1n) is 6.43. The fourth-order valence-corrected chi connectivity index (χ4v) is 3.80. The highest BCUT2D eigenvalue weighted by atomic mass is 32.1. The van der Waals surface area contributed by atoms with E-state index in [1.807, 2.05) is 22.9 Å². The molecule has 1 N–H and O–H groups in total. The quantitative estimate of drug-likeness (QED) is 0.759. The fourth-order valence-electron chi connectivity index (χ4n) is 2.09. The lowest BCUT2D eigenvalue weighted by Gasteiger charge is -2.10. The van der Waals surface area contributed by atoms with Crippen molar-refractivity contribution >= 4 is 32.8 Å². The lowest BCUT2D eigenvalue weighted by atomic mass is 10.2. The number of nitrogens with one attached hydrogen (secondary N) is 1. The van der Waals surface area contributed by atoms with Crippen LogP contribution in [0.25, 0.3) is 10.1 Å². The van der Waals surface area contributed by atoms with Crippen LogP contribution in [0.3, 0.4) is 0 Å². The van der Waals surface area contributed by atoms with Gasteiger partial charge in [0.05, 0.1) is 5.01 Å². The van der Waals surface area contributed by atoms with Crippen LogP contribution < -0.4 is 5.32 Å². The van der Waals surface area contributed by atoms with Crippen LogP contribution in [0.1, 0.15) is 22.9 Å². The molecule has 0 bridgehead atoms. The first-order chi connectivity index (χ1) is 9.33. The molecule has 0 aliphatic heterocycles. The number of thiophene rings is 1. The van der Waals surface area contributed by atoms with Gasteiger partial charge in [-0.2, -0.15) is 0 Å². The zero-order valence-electron chi connectivity index (χ0n) is 10.8. The molecular weight excluding hydrogens is 272 g/mol. The van der Waals surface area contributed by atoms with Gasteiger partial charge in [0.25, 0.3) is 0 Å². The maximum absolute atomic E-state index is 4.30. The first-order valence-corrected chi connectivity index (χ1v) is 8.13. The van der Waals surface area contributed by atoms with Crippen LogP contribution >= 0.6 is 22.7 Å². The van der Waals surface area contributed by atoms with Crippen LogP contribution in [0.15, 0.2) is 41.9 Å². The molecule has 0 saturated heterocycles. The molecule has 1 aromatic carbocycles. The molecule has 98 valence electrons. The van der Waals surface area contributed by atoms with E-state index in [1.165, 1.54) is 20.0 Å². The van der Waals surface area contributed by atoms with Crippen molar-refractivity contribution in [2.45, 2.75) is 19.4 Å². The lowest BCUT2D eigenvalue weighted by Crippen LogP contribution is -2.20. The van der Waals surface area contributed by atoms with E-state index in [2.05, 4.69) is 47.6 Å². The minimum Gasteiger partial charge on any atom is -0.309 e. The van der Waals surface area contributed by atoms with Crippen molar-refractivity contribution < 1.29 is 0 Å². The van der Waals surface area contributed by atoms with Crippen LogP contribution in [-0.2, 0) is 6.42 Å². The standard InChI is InChI=1S/C15H16N2S2/c1-11(16-7-6-15-17-8-9-18-15)14-10-12-4-2-3-5-13(12)19-14/h2-5,8-11,16H,6-7H2,1H3. The Morgan fingerprint density at radius 1 is 1.32 bits per heavy atom. The molecule has 0 aliphatic carbocycles. The maximum atomic E-state index is 4.30. The third-order valence-electron chi connectivity index (χ3n) is 3.14. The number of benzene rings is 1. The molecule has 0 aliphatic rings. The fraction of sp³-hybridized carbons (Fsp3) is 0.267. The van der Waals surface area contributed by atoms with Crippen molar-refractivity contribution in [3.63, 3.8) is 0 Å². The van der Waals surface area contributed by atoms with Crippen molar-refractivity contribution in [3.8, 4) is 0 Å². The Morgan fingerprint density at radius 2 is 2.21 bits per heavy atom. The minimum atomic E-state index is 0.400. The molecule has 0 amide bonds. The second-order valence-corrected chi connectivity index (χ2v) is 6.63. The van der Waals surface area contributed by atoms with E-state index in [1.54, 1.807) is 11.3 Å². The number of hydrogen-bond acceptors (Lipinski definition) is 4. The topological polar surface area (TPSA) is 24.9 Å². The number of nitrogens with zero attached hydrogens (tertiary/aromatic N) is 1. The highest BCUT2D eigenvalue weighted by molar-refractivity contribution is 7.19. The number of hydrogen-bond donors (Lipinski definition) is 1. The number of fused-ring (bicyclic) bond motifs is 1. The van der Waals surface area contributed by atoms with Crippen LogP contribution in [0.4, 0.5) is 0 Å². The largest absolute Gasteiger partial charge is 0.309 e. The molecule has 2 aromatic heterocycles. The van der Waals surface area contributed by atoms with Gasteiger partial charge in [-0.3, -0.25) is 0 Å². The molecule has 2 nitrogen and oxygen atoms in total. The Labute approximate surface area is 121 Å². The molecule has 4 heteroatoms. The van der Waals surface area contributed by atoms with Crippen LogP contribution in [0.2, 0.25) is 0 Å². The Kier molecular flexibility index (Phi) is 3.92. The van der Waals surface area contributed by atoms with Gasteiger partial charge in [-0.15, -0.1) is 22.7 Å². The molecule has 2 heterocycles. The van der Waals surface area contributed by atoms with Crippen LogP contribution in [-0.4, -0.2) is 11.5 Å². The third-order valence-corrected chi connectivity index (χ3v) is 5.28. The van der Waals surface area contributed by atoms with Gasteiger partial charge in [-0.1, -0.05) is 18.2 Å². The second-order valence-electron chi connectivity index (χ2n) is 4.54. The SMILES string of the molecule is CC(NCCc1nccs1)c1cc2ccccc2s1. The van der Waals surface area contributed by atoms with E-state index in [9.17, 15) is 0 Å². The average Bonchev–Trinajstić information content (AvgIpc) is 3.07. The van der Waals surface area contributed by atoms with Gasteiger partial charge in [0, 0.05) is 40.2 Å². The normalized spacial score (nSPS) is 12.9. The molecule has 3 aromatic rings. The minimum absolute atomic E-state index is 0.400. The molecule has 3 rings (SSSR count). The molecule has 0 radical (unpaired) electrons. The summed E-state index contributed by atoms with van der Waals surface area (Å²) in [5, 5.41) is 8.16. The van der Waals surface area contributed by atoms with Gasteiger partial charge < -0.3 is 5.32 Å². The molecule has 1 unspecified atom stereocenters. The average molecular weight is 288 g/mol. The van der Waals surface area contributed by atoms with Gasteiger partial charge in [0.2, 0.25) is 0 Å². The van der Waals surface area contributed by atoms with Crippen molar-refractivity contribution in [2.24, 2.45) is 0 Å². The summed E-state index contributed by atoms with van der Waals surface area (Å²) in [5.41, 5.74) is 0. The summed E-state index contributed by atoms with van der Waals surface area (Å²) in [6.07, 6.45) is 2.88. The van der Waals surface area contributed by atoms with Crippen LogP contribution in [0.5, 0.6) is 0 Å². The summed E-state index contributed by atoms with van der Waals surface area (Å²) < 4.78 is 1.37. The summed E-state index contributed by atoms with van der Waals surface area (Å²) >= 11 is 3.60. The lowest BCUT2D eigenvalue weighted by molar-refractivity contribution is 0.584. The van der Waals surface area contributed by atoms with Gasteiger partial charge in [0.1, 0.15) is 0 Å². The summed E-state index contributed by atoms with van der Waals surface area (Å²) in [7, 11) is 0. The van der Waals surface area contributed by atoms with E-state index in [4.69, 9.17) is 0 Å². The summed E-state index contributed by atoms with van der Waals surface area (Å²) in [5.74, 6) is 0. The smallest absolute Gasteiger partial charge is 0.0937 e. The predicted octanol–water partition coefficient (Wildman–Crippen LogP) is 4.25. The van der Waals surface area contributed by atoms with E-state index >= 15 is 0 Å². The highest BCUT2D eigenvalue weighted by Gasteiger charge is 2.08. The van der Waals surface area contributed by atoms with Crippen molar-refractivity contribution in [1.82, 2.24) is 10.3 Å². The van der Waals surface area contributed by atoms with Gasteiger partial charge >= 0.3 is 0 Å². The summed E-state index contributed by atoms with van der Waals surface area (Å²) in [6.45, 7) is 3.20. The van der Waals surface area contributed by atoms with Crippen molar-refractivity contribution in [2.75, 3.05) is 6.54 Å². The predicted molar refractivity (Wildman–Crippen MR) is 84.1 cm³/mol.